The van der Waals surface area contributed by atoms with Crippen molar-refractivity contribution in [1.82, 2.24) is 10.6 Å². The van der Waals surface area contributed by atoms with Gasteiger partial charge in [0.2, 0.25) is 5.91 Å². The molecule has 1 unspecified atom stereocenters. The SMILES string of the molecule is COCCC(NC(=O)C(C)(C)C(C)(C)NC(=O)OCC1c2ccccc2-c2ccccc21)C(=O)O. The van der Waals surface area contributed by atoms with Gasteiger partial charge >= 0.3 is 12.1 Å². The minimum atomic E-state index is -1.14. The van der Waals surface area contributed by atoms with Gasteiger partial charge in [0.05, 0.1) is 11.0 Å². The number of fused-ring (bicyclic) bond motifs is 3. The molecule has 2 aromatic carbocycles. The second-order valence-corrected chi connectivity index (χ2v) is 9.85. The fraction of sp³-hybridized carbons (Fsp3) is 0.444. The van der Waals surface area contributed by atoms with Crippen LogP contribution in [0.2, 0.25) is 0 Å². The molecule has 3 rings (SSSR count). The Balaban J connectivity index is 1.66. The van der Waals surface area contributed by atoms with Crippen molar-refractivity contribution in [2.75, 3.05) is 20.3 Å². The van der Waals surface area contributed by atoms with Crippen molar-refractivity contribution in [1.29, 1.82) is 0 Å². The van der Waals surface area contributed by atoms with Gasteiger partial charge in [-0.1, -0.05) is 48.5 Å². The van der Waals surface area contributed by atoms with Crippen LogP contribution in [0.25, 0.3) is 11.1 Å². The summed E-state index contributed by atoms with van der Waals surface area (Å²) >= 11 is 0. The first-order valence-corrected chi connectivity index (χ1v) is 11.7. The molecule has 0 saturated carbocycles. The van der Waals surface area contributed by atoms with Crippen LogP contribution in [0, 0.1) is 5.41 Å². The van der Waals surface area contributed by atoms with Gasteiger partial charge in [0.25, 0.3) is 0 Å². The molecule has 0 radical (unpaired) electrons. The summed E-state index contributed by atoms with van der Waals surface area (Å²) in [6.07, 6.45) is -0.514. The van der Waals surface area contributed by atoms with E-state index in [1.165, 1.54) is 7.11 Å². The average Bonchev–Trinajstić information content (AvgIpc) is 3.13. The van der Waals surface area contributed by atoms with Gasteiger partial charge in [0, 0.05) is 26.1 Å². The Labute approximate surface area is 206 Å². The zero-order valence-corrected chi connectivity index (χ0v) is 20.9. The van der Waals surface area contributed by atoms with Crippen LogP contribution in [-0.2, 0) is 19.1 Å². The fourth-order valence-corrected chi connectivity index (χ4v) is 4.16. The first-order chi connectivity index (χ1) is 16.5. The highest BCUT2D eigenvalue weighted by Crippen LogP contribution is 2.44. The van der Waals surface area contributed by atoms with Gasteiger partial charge in [0.1, 0.15) is 12.6 Å². The molecule has 8 nitrogen and oxygen atoms in total. The Bertz CT molecular complexity index is 1050. The largest absolute Gasteiger partial charge is 0.480 e. The number of rotatable bonds is 10. The first kappa shape index (κ1) is 26.2. The van der Waals surface area contributed by atoms with E-state index in [0.29, 0.717) is 0 Å². The Morgan fingerprint density at radius 2 is 1.51 bits per heavy atom. The normalized spacial score (nSPS) is 14.0. The maximum absolute atomic E-state index is 13.0. The van der Waals surface area contributed by atoms with E-state index >= 15 is 0 Å². The number of nitrogens with one attached hydrogen (secondary N) is 2. The third kappa shape index (κ3) is 5.48. The summed E-state index contributed by atoms with van der Waals surface area (Å²) in [5.74, 6) is -1.72. The van der Waals surface area contributed by atoms with Gasteiger partial charge in [-0.2, -0.15) is 0 Å². The van der Waals surface area contributed by atoms with Crippen molar-refractivity contribution in [3.63, 3.8) is 0 Å². The molecule has 3 N–H and O–H groups in total. The number of alkyl carbamates (subject to hydrolysis) is 1. The maximum atomic E-state index is 13.0. The number of amides is 2. The molecular weight excluding hydrogens is 448 g/mol. The third-order valence-electron chi connectivity index (χ3n) is 7.10. The van der Waals surface area contributed by atoms with Gasteiger partial charge in [-0.05, 0) is 49.9 Å². The van der Waals surface area contributed by atoms with E-state index in [2.05, 4.69) is 22.8 Å². The second-order valence-electron chi connectivity index (χ2n) is 9.85. The predicted molar refractivity (Wildman–Crippen MR) is 132 cm³/mol. The van der Waals surface area contributed by atoms with E-state index in [1.54, 1.807) is 27.7 Å². The Morgan fingerprint density at radius 1 is 0.971 bits per heavy atom. The number of hydrogen-bond donors (Lipinski definition) is 3. The van der Waals surface area contributed by atoms with E-state index in [9.17, 15) is 19.5 Å². The lowest BCUT2D eigenvalue weighted by Crippen LogP contribution is -2.61. The number of hydrogen-bond acceptors (Lipinski definition) is 5. The molecule has 0 fully saturated rings. The first-order valence-electron chi connectivity index (χ1n) is 11.7. The smallest absolute Gasteiger partial charge is 0.407 e. The van der Waals surface area contributed by atoms with E-state index in [-0.39, 0.29) is 25.6 Å². The number of benzene rings is 2. The molecule has 2 aromatic rings. The molecule has 0 spiro atoms. The molecule has 0 saturated heterocycles. The predicted octanol–water partition coefficient (Wildman–Crippen LogP) is 3.94. The minimum Gasteiger partial charge on any atom is -0.480 e. The lowest BCUT2D eigenvalue weighted by molar-refractivity contribution is -0.145. The lowest BCUT2D eigenvalue weighted by atomic mass is 9.73. The number of carbonyl (C=O) groups is 3. The lowest BCUT2D eigenvalue weighted by Gasteiger charge is -2.41. The highest BCUT2D eigenvalue weighted by Gasteiger charge is 2.45. The van der Waals surface area contributed by atoms with E-state index in [0.717, 1.165) is 22.3 Å². The van der Waals surface area contributed by atoms with Crippen molar-refractivity contribution in [2.24, 2.45) is 5.41 Å². The van der Waals surface area contributed by atoms with Crippen LogP contribution in [0.15, 0.2) is 48.5 Å². The highest BCUT2D eigenvalue weighted by atomic mass is 16.5. The standard InChI is InChI=1S/C27H34N2O6/c1-26(2,24(32)28-22(23(30)31)14-15-34-5)27(3,4)29-25(33)35-16-21-19-12-8-6-10-17(19)18-11-7-9-13-20(18)21/h6-13,21-22H,14-16H2,1-5H3,(H,28,32)(H,29,33)(H,30,31). The number of carbonyl (C=O) groups excluding carboxylic acids is 2. The van der Waals surface area contributed by atoms with E-state index in [1.807, 2.05) is 36.4 Å². The molecule has 188 valence electrons. The number of carboxylic acid groups (broad SMARTS) is 1. The van der Waals surface area contributed by atoms with E-state index < -0.39 is 35.0 Å². The summed E-state index contributed by atoms with van der Waals surface area (Å²) in [5.41, 5.74) is 2.31. The Hall–Kier alpha value is -3.39. The summed E-state index contributed by atoms with van der Waals surface area (Å²) in [4.78, 5) is 37.3. The van der Waals surface area contributed by atoms with Gasteiger partial charge < -0.3 is 25.2 Å². The highest BCUT2D eigenvalue weighted by molar-refractivity contribution is 5.88. The summed E-state index contributed by atoms with van der Waals surface area (Å²) in [6.45, 7) is 7.07. The van der Waals surface area contributed by atoms with Crippen LogP contribution in [0.4, 0.5) is 4.79 Å². The van der Waals surface area contributed by atoms with Crippen molar-refractivity contribution in [2.45, 2.75) is 51.6 Å². The molecule has 8 heteroatoms. The van der Waals surface area contributed by atoms with Crippen molar-refractivity contribution in [3.8, 4) is 11.1 Å². The van der Waals surface area contributed by atoms with E-state index in [4.69, 9.17) is 9.47 Å². The minimum absolute atomic E-state index is 0.0790. The van der Waals surface area contributed by atoms with Crippen molar-refractivity contribution >= 4 is 18.0 Å². The Morgan fingerprint density at radius 3 is 2.03 bits per heavy atom. The van der Waals surface area contributed by atoms with Crippen molar-refractivity contribution < 1.29 is 29.0 Å². The zero-order valence-electron chi connectivity index (χ0n) is 20.9. The molecule has 0 bridgehead atoms. The molecular formula is C27H34N2O6. The van der Waals surface area contributed by atoms with Gasteiger partial charge in [-0.3, -0.25) is 4.79 Å². The maximum Gasteiger partial charge on any atom is 0.407 e. The fourth-order valence-electron chi connectivity index (χ4n) is 4.16. The topological polar surface area (TPSA) is 114 Å². The van der Waals surface area contributed by atoms with Crippen LogP contribution >= 0.6 is 0 Å². The van der Waals surface area contributed by atoms with Gasteiger partial charge in [0.15, 0.2) is 0 Å². The zero-order chi connectivity index (χ0) is 25.8. The van der Waals surface area contributed by atoms with Crippen LogP contribution in [-0.4, -0.2) is 55.0 Å². The monoisotopic (exact) mass is 482 g/mol. The average molecular weight is 483 g/mol. The molecule has 2 amide bonds. The Kier molecular flexibility index (Phi) is 7.85. The van der Waals surface area contributed by atoms with Crippen LogP contribution in [0.1, 0.15) is 51.2 Å². The molecule has 1 atom stereocenters. The molecule has 35 heavy (non-hydrogen) atoms. The third-order valence-corrected chi connectivity index (χ3v) is 7.10. The number of ether oxygens (including phenoxy) is 2. The number of methoxy groups -OCH3 is 1. The van der Waals surface area contributed by atoms with Gasteiger partial charge in [-0.15, -0.1) is 0 Å². The summed E-state index contributed by atoms with van der Waals surface area (Å²) in [7, 11) is 1.46. The summed E-state index contributed by atoms with van der Waals surface area (Å²) in [5, 5.41) is 14.8. The van der Waals surface area contributed by atoms with Crippen molar-refractivity contribution in [3.05, 3.63) is 59.7 Å². The quantitative estimate of drug-likeness (QED) is 0.473. The molecule has 0 aromatic heterocycles. The van der Waals surface area contributed by atoms with Crippen LogP contribution < -0.4 is 10.6 Å². The number of carboxylic acids is 1. The summed E-state index contributed by atoms with van der Waals surface area (Å²) < 4.78 is 10.6. The number of aliphatic carboxylic acids is 1. The second kappa shape index (κ2) is 10.5. The van der Waals surface area contributed by atoms with Gasteiger partial charge in [-0.25, -0.2) is 9.59 Å². The van der Waals surface area contributed by atoms with Crippen LogP contribution in [0.3, 0.4) is 0 Å². The summed E-state index contributed by atoms with van der Waals surface area (Å²) in [6, 6.07) is 15.1. The van der Waals surface area contributed by atoms with Crippen LogP contribution in [0.5, 0.6) is 0 Å². The molecule has 1 aliphatic rings. The molecule has 0 aliphatic heterocycles. The molecule has 1 aliphatic carbocycles. The molecule has 0 heterocycles.